The molecule has 0 bridgehead atoms. The Labute approximate surface area is 192 Å². The number of aryl methyl sites for hydroxylation is 3. The van der Waals surface area contributed by atoms with E-state index in [0.29, 0.717) is 32.0 Å². The summed E-state index contributed by atoms with van der Waals surface area (Å²) in [6, 6.07) is 11.1. The minimum absolute atomic E-state index is 0.265. The standard InChI is InChI=1S/C24H21FN4O3S/c1-13-4-9-18(14(2)10-13)28-22(31)21-15(3)20-23(33-21)26-12-29(24(20)32)11-19(30)27-17-7-5-16(25)6-8-17/h4-10,12H,11H2,1-3H3,(H,27,30)(H,28,31). The Hall–Kier alpha value is -3.85. The smallest absolute Gasteiger partial charge is 0.266 e. The van der Waals surface area contributed by atoms with Crippen LogP contribution >= 0.6 is 11.3 Å². The van der Waals surface area contributed by atoms with E-state index >= 15 is 0 Å². The number of aromatic nitrogens is 2. The summed E-state index contributed by atoms with van der Waals surface area (Å²) in [5.74, 6) is -1.18. The maximum atomic E-state index is 13.0. The Morgan fingerprint density at radius 2 is 1.79 bits per heavy atom. The Morgan fingerprint density at radius 1 is 1.06 bits per heavy atom. The lowest BCUT2D eigenvalue weighted by Crippen LogP contribution is -2.28. The summed E-state index contributed by atoms with van der Waals surface area (Å²) in [5.41, 5.74) is 3.26. The number of hydrogen-bond donors (Lipinski definition) is 2. The van der Waals surface area contributed by atoms with E-state index < -0.39 is 17.3 Å². The first kappa shape index (κ1) is 22.3. The van der Waals surface area contributed by atoms with E-state index in [4.69, 9.17) is 0 Å². The molecular weight excluding hydrogens is 443 g/mol. The number of rotatable bonds is 5. The molecule has 0 unspecified atom stereocenters. The molecule has 0 aliphatic rings. The van der Waals surface area contributed by atoms with Gasteiger partial charge in [0.2, 0.25) is 5.91 Å². The monoisotopic (exact) mass is 464 g/mol. The first-order chi connectivity index (χ1) is 15.7. The largest absolute Gasteiger partial charge is 0.325 e. The molecule has 4 aromatic rings. The third-order valence-electron chi connectivity index (χ3n) is 5.20. The van der Waals surface area contributed by atoms with Crippen molar-refractivity contribution in [2.24, 2.45) is 0 Å². The van der Waals surface area contributed by atoms with E-state index in [1.807, 2.05) is 32.0 Å². The quantitative estimate of drug-likeness (QED) is 0.457. The third kappa shape index (κ3) is 4.68. The van der Waals surface area contributed by atoms with Crippen molar-refractivity contribution >= 4 is 44.7 Å². The van der Waals surface area contributed by atoms with E-state index in [2.05, 4.69) is 15.6 Å². The maximum absolute atomic E-state index is 13.0. The summed E-state index contributed by atoms with van der Waals surface area (Å²) in [6.45, 7) is 5.32. The van der Waals surface area contributed by atoms with Gasteiger partial charge in [0.25, 0.3) is 11.5 Å². The predicted octanol–water partition coefficient (Wildman–Crippen LogP) is 4.41. The topological polar surface area (TPSA) is 93.1 Å². The fourth-order valence-electron chi connectivity index (χ4n) is 3.51. The molecule has 9 heteroatoms. The van der Waals surface area contributed by atoms with Crippen molar-refractivity contribution in [3.8, 4) is 0 Å². The van der Waals surface area contributed by atoms with Crippen molar-refractivity contribution in [1.82, 2.24) is 9.55 Å². The summed E-state index contributed by atoms with van der Waals surface area (Å²) >= 11 is 1.13. The zero-order chi connectivity index (χ0) is 23.7. The number of benzene rings is 2. The van der Waals surface area contributed by atoms with Crippen LogP contribution in [-0.4, -0.2) is 21.4 Å². The molecule has 2 amide bonds. The minimum Gasteiger partial charge on any atom is -0.325 e. The van der Waals surface area contributed by atoms with Gasteiger partial charge in [-0.2, -0.15) is 0 Å². The van der Waals surface area contributed by atoms with Crippen LogP contribution in [0.25, 0.3) is 10.2 Å². The lowest BCUT2D eigenvalue weighted by atomic mass is 10.1. The Kier molecular flexibility index (Phi) is 6.06. The molecule has 2 aromatic heterocycles. The minimum atomic E-state index is -0.453. The Morgan fingerprint density at radius 3 is 2.48 bits per heavy atom. The Bertz CT molecular complexity index is 1440. The first-order valence-corrected chi connectivity index (χ1v) is 11.0. The van der Waals surface area contributed by atoms with E-state index in [9.17, 15) is 18.8 Å². The summed E-state index contributed by atoms with van der Waals surface area (Å²) in [4.78, 5) is 43.4. The molecule has 0 atom stereocenters. The molecule has 2 aromatic carbocycles. The van der Waals surface area contributed by atoms with E-state index in [1.54, 1.807) is 6.92 Å². The van der Waals surface area contributed by atoms with Gasteiger partial charge in [0.1, 0.15) is 17.2 Å². The van der Waals surface area contributed by atoms with Crippen LogP contribution in [-0.2, 0) is 11.3 Å². The highest BCUT2D eigenvalue weighted by Gasteiger charge is 2.20. The van der Waals surface area contributed by atoms with Crippen LogP contribution in [0.15, 0.2) is 53.6 Å². The Balaban J connectivity index is 1.58. The van der Waals surface area contributed by atoms with Crippen molar-refractivity contribution in [3.63, 3.8) is 0 Å². The van der Waals surface area contributed by atoms with Crippen LogP contribution in [0.1, 0.15) is 26.4 Å². The molecule has 0 aliphatic heterocycles. The normalized spacial score (nSPS) is 10.9. The number of carbonyl (C=O) groups excluding carboxylic acids is 2. The number of halogens is 1. The van der Waals surface area contributed by atoms with Crippen molar-refractivity contribution in [2.45, 2.75) is 27.3 Å². The second kappa shape index (κ2) is 8.95. The summed E-state index contributed by atoms with van der Waals surface area (Å²) in [7, 11) is 0. The van der Waals surface area contributed by atoms with Crippen molar-refractivity contribution in [3.05, 3.63) is 86.5 Å². The average molecular weight is 465 g/mol. The zero-order valence-electron chi connectivity index (χ0n) is 18.2. The average Bonchev–Trinajstić information content (AvgIpc) is 3.11. The van der Waals surface area contributed by atoms with E-state index in [1.165, 1.54) is 35.2 Å². The molecule has 168 valence electrons. The molecule has 4 rings (SSSR count). The number of anilines is 2. The van der Waals surface area contributed by atoms with Crippen LogP contribution in [0.3, 0.4) is 0 Å². The van der Waals surface area contributed by atoms with Gasteiger partial charge in [-0.1, -0.05) is 17.7 Å². The molecule has 7 nitrogen and oxygen atoms in total. The van der Waals surface area contributed by atoms with Crippen LogP contribution in [0.2, 0.25) is 0 Å². The van der Waals surface area contributed by atoms with Crippen molar-refractivity contribution < 1.29 is 14.0 Å². The highest BCUT2D eigenvalue weighted by molar-refractivity contribution is 7.20. The predicted molar refractivity (Wildman–Crippen MR) is 128 cm³/mol. The number of hydrogen-bond acceptors (Lipinski definition) is 5. The van der Waals surface area contributed by atoms with Crippen LogP contribution in [0, 0.1) is 26.6 Å². The summed E-state index contributed by atoms with van der Waals surface area (Å²) < 4.78 is 14.2. The van der Waals surface area contributed by atoms with Crippen molar-refractivity contribution in [1.29, 1.82) is 0 Å². The summed E-state index contributed by atoms with van der Waals surface area (Å²) in [6.07, 6.45) is 1.29. The highest BCUT2D eigenvalue weighted by Crippen LogP contribution is 2.28. The SMILES string of the molecule is Cc1ccc(NC(=O)c2sc3ncn(CC(=O)Nc4ccc(F)cc4)c(=O)c3c2C)c(C)c1. The second-order valence-electron chi connectivity index (χ2n) is 7.74. The van der Waals surface area contributed by atoms with Gasteiger partial charge in [-0.3, -0.25) is 19.0 Å². The first-order valence-electron chi connectivity index (χ1n) is 10.2. The molecule has 33 heavy (non-hydrogen) atoms. The molecule has 0 spiro atoms. The lowest BCUT2D eigenvalue weighted by Gasteiger charge is -2.08. The number of nitrogens with zero attached hydrogens (tertiary/aromatic N) is 2. The molecule has 0 saturated carbocycles. The highest BCUT2D eigenvalue weighted by atomic mass is 32.1. The molecule has 2 heterocycles. The van der Waals surface area contributed by atoms with Crippen LogP contribution in [0.4, 0.5) is 15.8 Å². The molecular formula is C24H21FN4O3S. The van der Waals surface area contributed by atoms with Gasteiger partial charge in [0, 0.05) is 11.4 Å². The van der Waals surface area contributed by atoms with Gasteiger partial charge in [0.05, 0.1) is 16.6 Å². The fourth-order valence-corrected chi connectivity index (χ4v) is 4.54. The number of nitrogens with one attached hydrogen (secondary N) is 2. The van der Waals surface area contributed by atoms with Gasteiger partial charge >= 0.3 is 0 Å². The maximum Gasteiger partial charge on any atom is 0.266 e. The van der Waals surface area contributed by atoms with Gasteiger partial charge in [-0.15, -0.1) is 11.3 Å². The van der Waals surface area contributed by atoms with Crippen LogP contribution in [0.5, 0.6) is 0 Å². The number of carbonyl (C=O) groups is 2. The van der Waals surface area contributed by atoms with Gasteiger partial charge in [-0.25, -0.2) is 9.37 Å². The van der Waals surface area contributed by atoms with Gasteiger partial charge in [0.15, 0.2) is 0 Å². The molecule has 0 aliphatic carbocycles. The van der Waals surface area contributed by atoms with Crippen molar-refractivity contribution in [2.75, 3.05) is 10.6 Å². The fraction of sp³-hybridized carbons (Fsp3) is 0.167. The molecule has 0 saturated heterocycles. The van der Waals surface area contributed by atoms with Crippen LogP contribution < -0.4 is 16.2 Å². The van der Waals surface area contributed by atoms with Gasteiger partial charge < -0.3 is 10.6 Å². The van der Waals surface area contributed by atoms with Gasteiger partial charge in [-0.05, 0) is 62.2 Å². The number of fused-ring (bicyclic) bond motifs is 1. The second-order valence-corrected chi connectivity index (χ2v) is 8.74. The number of thiophene rings is 1. The molecule has 0 radical (unpaired) electrons. The summed E-state index contributed by atoms with van der Waals surface area (Å²) in [5, 5.41) is 5.82. The lowest BCUT2D eigenvalue weighted by molar-refractivity contribution is -0.116. The molecule has 0 fully saturated rings. The van der Waals surface area contributed by atoms with E-state index in [-0.39, 0.29) is 12.5 Å². The van der Waals surface area contributed by atoms with E-state index in [0.717, 1.165) is 22.5 Å². The zero-order valence-corrected chi connectivity index (χ0v) is 19.0. The molecule has 2 N–H and O–H groups in total. The third-order valence-corrected chi connectivity index (χ3v) is 6.39. The number of amides is 2.